The molecule has 0 fully saturated rings. The van der Waals surface area contributed by atoms with Crippen LogP contribution in [0.5, 0.6) is 0 Å². The van der Waals surface area contributed by atoms with Crippen molar-refractivity contribution in [1.29, 1.82) is 0 Å². The number of aliphatic hydroxyl groups is 1. The summed E-state index contributed by atoms with van der Waals surface area (Å²) in [6.45, 7) is 3.09. The van der Waals surface area contributed by atoms with E-state index in [0.29, 0.717) is 19.6 Å². The van der Waals surface area contributed by atoms with Crippen LogP contribution in [0.25, 0.3) is 0 Å². The van der Waals surface area contributed by atoms with Crippen LogP contribution < -0.4 is 5.32 Å². The molecule has 0 rings (SSSR count). The first kappa shape index (κ1) is 16.7. The summed E-state index contributed by atoms with van der Waals surface area (Å²) < 4.78 is 0. The molecule has 3 N–H and O–H groups in total. The first-order valence-electron chi connectivity index (χ1n) is 5.96. The number of amides is 2. The molecule has 0 bridgehead atoms. The van der Waals surface area contributed by atoms with Gasteiger partial charge in [-0.25, -0.2) is 9.59 Å². The first-order valence-corrected chi connectivity index (χ1v) is 5.96. The number of carbonyl (C=O) groups is 2. The molecule has 0 aromatic heterocycles. The van der Waals surface area contributed by atoms with Crippen LogP contribution >= 0.6 is 0 Å². The summed E-state index contributed by atoms with van der Waals surface area (Å²) in [7, 11) is 3.80. The van der Waals surface area contributed by atoms with E-state index >= 15 is 0 Å². The van der Waals surface area contributed by atoms with Crippen LogP contribution in [-0.2, 0) is 4.79 Å². The highest BCUT2D eigenvalue weighted by atomic mass is 16.4. The Labute approximate surface area is 107 Å². The summed E-state index contributed by atoms with van der Waals surface area (Å²) in [6.07, 6.45) is 0.789. The Hall–Kier alpha value is -1.34. The molecule has 0 aliphatic heterocycles. The van der Waals surface area contributed by atoms with Crippen LogP contribution in [0.4, 0.5) is 4.79 Å². The topological polar surface area (TPSA) is 93.1 Å². The van der Waals surface area contributed by atoms with E-state index in [1.54, 1.807) is 4.90 Å². The zero-order chi connectivity index (χ0) is 14.1. The Morgan fingerprint density at radius 1 is 1.22 bits per heavy atom. The Bertz CT molecular complexity index is 271. The zero-order valence-corrected chi connectivity index (χ0v) is 11.2. The van der Waals surface area contributed by atoms with Crippen LogP contribution in [0.2, 0.25) is 0 Å². The maximum absolute atomic E-state index is 11.8. The van der Waals surface area contributed by atoms with Crippen LogP contribution in [-0.4, -0.2) is 78.4 Å². The largest absolute Gasteiger partial charge is 0.480 e. The molecule has 1 unspecified atom stereocenters. The lowest BCUT2D eigenvalue weighted by Crippen LogP contribution is -2.50. The standard InChI is InChI=1S/C11H23N3O4/c1-4-5-14(7-6-13(2)3)11(18)12-9(8-15)10(16)17/h9,15H,4-8H2,1-3H3,(H,12,18)(H,16,17). The van der Waals surface area contributed by atoms with Crippen molar-refractivity contribution >= 4 is 12.0 Å². The number of nitrogens with one attached hydrogen (secondary N) is 1. The third-order valence-electron chi connectivity index (χ3n) is 2.38. The summed E-state index contributed by atoms with van der Waals surface area (Å²) >= 11 is 0. The van der Waals surface area contributed by atoms with Crippen molar-refractivity contribution in [2.24, 2.45) is 0 Å². The number of carboxylic acid groups (broad SMARTS) is 1. The molecule has 18 heavy (non-hydrogen) atoms. The van der Waals surface area contributed by atoms with Gasteiger partial charge in [0.15, 0.2) is 6.04 Å². The van der Waals surface area contributed by atoms with Gasteiger partial charge in [0.05, 0.1) is 6.61 Å². The van der Waals surface area contributed by atoms with E-state index in [1.165, 1.54) is 0 Å². The van der Waals surface area contributed by atoms with Crippen molar-refractivity contribution in [3.8, 4) is 0 Å². The second-order valence-electron chi connectivity index (χ2n) is 4.31. The van der Waals surface area contributed by atoms with Gasteiger partial charge >= 0.3 is 12.0 Å². The van der Waals surface area contributed by atoms with Gasteiger partial charge in [0.1, 0.15) is 0 Å². The number of carbonyl (C=O) groups excluding carboxylic acids is 1. The van der Waals surface area contributed by atoms with Gasteiger partial charge in [-0.1, -0.05) is 6.92 Å². The molecule has 7 heteroatoms. The Morgan fingerprint density at radius 3 is 2.22 bits per heavy atom. The fourth-order valence-electron chi connectivity index (χ4n) is 1.33. The molecular formula is C11H23N3O4. The Balaban J connectivity index is 4.40. The molecule has 0 aliphatic rings. The minimum absolute atomic E-state index is 0.458. The number of carboxylic acids is 1. The molecule has 0 saturated heterocycles. The van der Waals surface area contributed by atoms with Gasteiger partial charge in [0, 0.05) is 19.6 Å². The third-order valence-corrected chi connectivity index (χ3v) is 2.38. The molecule has 1 atom stereocenters. The highest BCUT2D eigenvalue weighted by Crippen LogP contribution is 1.95. The van der Waals surface area contributed by atoms with Gasteiger partial charge in [-0.3, -0.25) is 0 Å². The maximum Gasteiger partial charge on any atom is 0.328 e. The van der Waals surface area contributed by atoms with E-state index in [0.717, 1.165) is 6.42 Å². The number of rotatable bonds is 8. The molecule has 7 nitrogen and oxygen atoms in total. The van der Waals surface area contributed by atoms with Crippen molar-refractivity contribution in [2.45, 2.75) is 19.4 Å². The van der Waals surface area contributed by atoms with Gasteiger partial charge in [-0.05, 0) is 20.5 Å². The highest BCUT2D eigenvalue weighted by molar-refractivity contribution is 5.82. The Morgan fingerprint density at radius 2 is 1.83 bits per heavy atom. The minimum atomic E-state index is -1.25. The smallest absolute Gasteiger partial charge is 0.328 e. The van der Waals surface area contributed by atoms with E-state index in [4.69, 9.17) is 10.2 Å². The van der Waals surface area contributed by atoms with Crippen molar-refractivity contribution in [3.63, 3.8) is 0 Å². The second kappa shape index (κ2) is 8.71. The first-order chi connectivity index (χ1) is 8.42. The fourth-order valence-corrected chi connectivity index (χ4v) is 1.33. The van der Waals surface area contributed by atoms with Crippen molar-refractivity contribution in [3.05, 3.63) is 0 Å². The maximum atomic E-state index is 11.8. The lowest BCUT2D eigenvalue weighted by Gasteiger charge is -2.25. The molecule has 0 aromatic carbocycles. The molecule has 2 amide bonds. The number of hydrogen-bond donors (Lipinski definition) is 3. The molecular weight excluding hydrogens is 238 g/mol. The average molecular weight is 261 g/mol. The molecule has 0 heterocycles. The molecule has 0 saturated carbocycles. The van der Waals surface area contributed by atoms with Crippen molar-refractivity contribution in [1.82, 2.24) is 15.1 Å². The predicted octanol–water partition coefficient (Wildman–Crippen LogP) is -0.585. The molecule has 0 radical (unpaired) electrons. The second-order valence-corrected chi connectivity index (χ2v) is 4.31. The normalized spacial score (nSPS) is 12.3. The Kier molecular flexibility index (Phi) is 8.06. The lowest BCUT2D eigenvalue weighted by molar-refractivity contribution is -0.140. The lowest BCUT2D eigenvalue weighted by atomic mass is 10.3. The van der Waals surface area contributed by atoms with E-state index < -0.39 is 24.6 Å². The average Bonchev–Trinajstić information content (AvgIpc) is 2.30. The van der Waals surface area contributed by atoms with Crippen LogP contribution in [0, 0.1) is 0 Å². The minimum Gasteiger partial charge on any atom is -0.480 e. The van der Waals surface area contributed by atoms with E-state index in [9.17, 15) is 9.59 Å². The number of urea groups is 1. The monoisotopic (exact) mass is 261 g/mol. The summed E-state index contributed by atoms with van der Waals surface area (Å²) in [5.74, 6) is -1.24. The van der Waals surface area contributed by atoms with Gasteiger partial charge < -0.3 is 25.3 Å². The van der Waals surface area contributed by atoms with Gasteiger partial charge in [-0.2, -0.15) is 0 Å². The summed E-state index contributed by atoms with van der Waals surface area (Å²) in [5.41, 5.74) is 0. The highest BCUT2D eigenvalue weighted by Gasteiger charge is 2.21. The number of aliphatic carboxylic acids is 1. The fraction of sp³-hybridized carbons (Fsp3) is 0.818. The zero-order valence-electron chi connectivity index (χ0n) is 11.2. The van der Waals surface area contributed by atoms with Crippen LogP contribution in [0.3, 0.4) is 0 Å². The summed E-state index contributed by atoms with van der Waals surface area (Å²) in [5, 5.41) is 19.9. The molecule has 0 aliphatic carbocycles. The summed E-state index contributed by atoms with van der Waals surface area (Å²) in [4.78, 5) is 26.0. The quantitative estimate of drug-likeness (QED) is 0.543. The molecule has 106 valence electrons. The molecule has 0 spiro atoms. The van der Waals surface area contributed by atoms with Gasteiger partial charge in [0.2, 0.25) is 0 Å². The van der Waals surface area contributed by atoms with Gasteiger partial charge in [0.25, 0.3) is 0 Å². The van der Waals surface area contributed by atoms with Crippen LogP contribution in [0.1, 0.15) is 13.3 Å². The van der Waals surface area contributed by atoms with Gasteiger partial charge in [-0.15, -0.1) is 0 Å². The van der Waals surface area contributed by atoms with E-state index in [-0.39, 0.29) is 0 Å². The number of aliphatic hydroxyl groups excluding tert-OH is 1. The van der Waals surface area contributed by atoms with Crippen molar-refractivity contribution in [2.75, 3.05) is 40.3 Å². The van der Waals surface area contributed by atoms with E-state index in [1.807, 2.05) is 25.9 Å². The number of nitrogens with zero attached hydrogens (tertiary/aromatic N) is 2. The van der Waals surface area contributed by atoms with E-state index in [2.05, 4.69) is 5.32 Å². The SMILES string of the molecule is CCCN(CCN(C)C)C(=O)NC(CO)C(=O)O. The number of likely N-dealkylation sites (N-methyl/N-ethyl adjacent to an activating group) is 1. The van der Waals surface area contributed by atoms with Crippen LogP contribution in [0.15, 0.2) is 0 Å². The molecule has 0 aromatic rings. The predicted molar refractivity (Wildman–Crippen MR) is 67.5 cm³/mol. The third kappa shape index (κ3) is 6.41. The van der Waals surface area contributed by atoms with Crippen molar-refractivity contribution < 1.29 is 19.8 Å². The summed E-state index contributed by atoms with van der Waals surface area (Å²) in [6, 6.07) is -1.71. The number of hydrogen-bond acceptors (Lipinski definition) is 4.